The quantitative estimate of drug-likeness (QED) is 0.901. The van der Waals surface area contributed by atoms with E-state index in [4.69, 9.17) is 5.73 Å². The molecule has 1 aliphatic rings. The number of aromatic nitrogens is 3. The van der Waals surface area contributed by atoms with Crippen molar-refractivity contribution < 1.29 is 0 Å². The van der Waals surface area contributed by atoms with Crippen molar-refractivity contribution in [3.05, 3.63) is 28.5 Å². The summed E-state index contributed by atoms with van der Waals surface area (Å²) in [6, 6.07) is 2.17. The Morgan fingerprint density at radius 3 is 3.16 bits per heavy atom. The van der Waals surface area contributed by atoms with Gasteiger partial charge < -0.3 is 5.73 Å². The lowest BCUT2D eigenvalue weighted by Crippen LogP contribution is -2.33. The summed E-state index contributed by atoms with van der Waals surface area (Å²) in [5.41, 5.74) is 8.02. The lowest BCUT2D eigenvalue weighted by atomic mass is 9.94. The molecule has 1 aliphatic heterocycles. The maximum atomic E-state index is 5.68. The molecule has 102 valence electrons. The third kappa shape index (κ3) is 2.96. The second kappa shape index (κ2) is 5.30. The monoisotopic (exact) mass is 277 g/mol. The van der Waals surface area contributed by atoms with Crippen molar-refractivity contribution in [3.8, 4) is 0 Å². The first-order chi connectivity index (χ1) is 9.20. The highest BCUT2D eigenvalue weighted by molar-refractivity contribution is 7.15. The topological polar surface area (TPSA) is 70.8 Å². The van der Waals surface area contributed by atoms with Gasteiger partial charge in [-0.1, -0.05) is 0 Å². The molecule has 0 spiro atoms. The van der Waals surface area contributed by atoms with E-state index in [9.17, 15) is 0 Å². The highest BCUT2D eigenvalue weighted by atomic mass is 32.1. The molecule has 3 N–H and O–H groups in total. The number of aromatic amines is 1. The molecule has 3 rings (SSSR count). The fourth-order valence-electron chi connectivity index (χ4n) is 2.70. The van der Waals surface area contributed by atoms with E-state index in [-0.39, 0.29) is 0 Å². The largest absolute Gasteiger partial charge is 0.375 e. The third-order valence-corrected chi connectivity index (χ3v) is 4.41. The van der Waals surface area contributed by atoms with Gasteiger partial charge in [0, 0.05) is 35.8 Å². The molecule has 1 atom stereocenters. The Labute approximate surface area is 116 Å². The molecular weight excluding hydrogens is 258 g/mol. The number of thiazole rings is 1. The molecule has 2 aromatic heterocycles. The number of anilines is 1. The summed E-state index contributed by atoms with van der Waals surface area (Å²) in [7, 11) is 0. The van der Waals surface area contributed by atoms with Gasteiger partial charge in [0.05, 0.1) is 5.69 Å². The number of hydrogen-bond acceptors (Lipinski definition) is 5. The highest BCUT2D eigenvalue weighted by Gasteiger charge is 2.23. The van der Waals surface area contributed by atoms with Crippen LogP contribution in [0.3, 0.4) is 0 Å². The standard InChI is InChI=1S/C13H19N5S/c1-9-5-12(17-16-9)10-3-2-4-18(7-10)8-11-6-15-13(14)19-11/h5-6,10H,2-4,7-8H2,1H3,(H2,14,15)(H,16,17). The van der Waals surface area contributed by atoms with Crippen molar-refractivity contribution in [1.82, 2.24) is 20.1 Å². The van der Waals surface area contributed by atoms with Crippen LogP contribution in [0, 0.1) is 6.92 Å². The second-order valence-electron chi connectivity index (χ2n) is 5.21. The van der Waals surface area contributed by atoms with Gasteiger partial charge >= 0.3 is 0 Å². The van der Waals surface area contributed by atoms with Crippen LogP contribution >= 0.6 is 11.3 Å². The molecule has 0 aliphatic carbocycles. The zero-order valence-corrected chi connectivity index (χ0v) is 11.9. The van der Waals surface area contributed by atoms with Gasteiger partial charge in [-0.15, -0.1) is 11.3 Å². The van der Waals surface area contributed by atoms with E-state index in [0.29, 0.717) is 11.0 Å². The number of nitrogen functional groups attached to an aromatic ring is 1. The minimum Gasteiger partial charge on any atom is -0.375 e. The van der Waals surface area contributed by atoms with E-state index in [1.165, 1.54) is 23.4 Å². The van der Waals surface area contributed by atoms with Crippen molar-refractivity contribution in [3.63, 3.8) is 0 Å². The summed E-state index contributed by atoms with van der Waals surface area (Å²) in [5, 5.41) is 8.10. The van der Waals surface area contributed by atoms with Crippen molar-refractivity contribution >= 4 is 16.5 Å². The Kier molecular flexibility index (Phi) is 3.52. The van der Waals surface area contributed by atoms with Crippen LogP contribution in [0.4, 0.5) is 5.13 Å². The molecule has 0 amide bonds. The van der Waals surface area contributed by atoms with Crippen LogP contribution in [0.1, 0.15) is 35.0 Å². The van der Waals surface area contributed by atoms with Gasteiger partial charge in [0.2, 0.25) is 0 Å². The highest BCUT2D eigenvalue weighted by Crippen LogP contribution is 2.27. The molecule has 19 heavy (non-hydrogen) atoms. The van der Waals surface area contributed by atoms with Crippen molar-refractivity contribution in [2.45, 2.75) is 32.2 Å². The number of nitrogens with two attached hydrogens (primary N) is 1. The van der Waals surface area contributed by atoms with E-state index in [1.54, 1.807) is 11.3 Å². The number of rotatable bonds is 3. The number of nitrogens with one attached hydrogen (secondary N) is 1. The molecule has 1 saturated heterocycles. The molecule has 0 saturated carbocycles. The van der Waals surface area contributed by atoms with Crippen LogP contribution in [0.2, 0.25) is 0 Å². The van der Waals surface area contributed by atoms with E-state index < -0.39 is 0 Å². The predicted octanol–water partition coefficient (Wildman–Crippen LogP) is 2.14. The summed E-state index contributed by atoms with van der Waals surface area (Å²) in [6.45, 7) is 5.23. The first-order valence-electron chi connectivity index (χ1n) is 6.65. The number of hydrogen-bond donors (Lipinski definition) is 2. The molecule has 0 aromatic carbocycles. The number of piperidine rings is 1. The van der Waals surface area contributed by atoms with Gasteiger partial charge in [-0.2, -0.15) is 5.10 Å². The first kappa shape index (κ1) is 12.6. The van der Waals surface area contributed by atoms with Crippen LogP contribution < -0.4 is 5.73 Å². The number of nitrogens with zero attached hydrogens (tertiary/aromatic N) is 3. The SMILES string of the molecule is Cc1cc(C2CCCN(Cc3cnc(N)s3)C2)n[nH]1. The van der Waals surface area contributed by atoms with E-state index >= 15 is 0 Å². The maximum Gasteiger partial charge on any atom is 0.180 e. The molecule has 3 heterocycles. The van der Waals surface area contributed by atoms with Gasteiger partial charge in [0.15, 0.2) is 5.13 Å². The molecule has 6 heteroatoms. The van der Waals surface area contributed by atoms with Crippen molar-refractivity contribution in [1.29, 1.82) is 0 Å². The number of aryl methyl sites for hydroxylation is 1. The van der Waals surface area contributed by atoms with E-state index in [2.05, 4.69) is 33.1 Å². The zero-order chi connectivity index (χ0) is 13.2. The number of likely N-dealkylation sites (tertiary alicyclic amines) is 1. The molecule has 1 unspecified atom stereocenters. The predicted molar refractivity (Wildman–Crippen MR) is 77.1 cm³/mol. The van der Waals surface area contributed by atoms with Gasteiger partial charge in [-0.05, 0) is 32.4 Å². The molecule has 5 nitrogen and oxygen atoms in total. The van der Waals surface area contributed by atoms with Crippen LogP contribution in [0.25, 0.3) is 0 Å². The summed E-state index contributed by atoms with van der Waals surface area (Å²) in [5.74, 6) is 0.545. The summed E-state index contributed by atoms with van der Waals surface area (Å²) >= 11 is 1.59. The van der Waals surface area contributed by atoms with Crippen LogP contribution in [-0.2, 0) is 6.54 Å². The minimum absolute atomic E-state index is 0.545. The normalized spacial score (nSPS) is 20.8. The summed E-state index contributed by atoms with van der Waals surface area (Å²) in [4.78, 5) is 7.84. The van der Waals surface area contributed by atoms with Gasteiger partial charge in [0.25, 0.3) is 0 Å². The molecule has 0 bridgehead atoms. The van der Waals surface area contributed by atoms with Gasteiger partial charge in [0.1, 0.15) is 0 Å². The van der Waals surface area contributed by atoms with Crippen LogP contribution in [0.15, 0.2) is 12.3 Å². The average Bonchev–Trinajstić information content (AvgIpc) is 2.99. The lowest BCUT2D eigenvalue weighted by molar-refractivity contribution is 0.200. The molecule has 1 fully saturated rings. The van der Waals surface area contributed by atoms with Crippen molar-refractivity contribution in [2.75, 3.05) is 18.8 Å². The summed E-state index contributed by atoms with van der Waals surface area (Å²) in [6.07, 6.45) is 4.35. The Morgan fingerprint density at radius 1 is 1.58 bits per heavy atom. The fourth-order valence-corrected chi connectivity index (χ4v) is 3.43. The minimum atomic E-state index is 0.545. The molecule has 0 radical (unpaired) electrons. The fraction of sp³-hybridized carbons (Fsp3) is 0.538. The first-order valence-corrected chi connectivity index (χ1v) is 7.47. The second-order valence-corrected chi connectivity index (χ2v) is 6.36. The number of H-pyrrole nitrogens is 1. The summed E-state index contributed by atoms with van der Waals surface area (Å²) < 4.78 is 0. The lowest BCUT2D eigenvalue weighted by Gasteiger charge is -2.31. The molecular formula is C13H19N5S. The van der Waals surface area contributed by atoms with Crippen LogP contribution in [-0.4, -0.2) is 33.2 Å². The third-order valence-electron chi connectivity index (χ3n) is 3.60. The maximum absolute atomic E-state index is 5.68. The van der Waals surface area contributed by atoms with Crippen molar-refractivity contribution in [2.24, 2.45) is 0 Å². The van der Waals surface area contributed by atoms with Gasteiger partial charge in [-0.3, -0.25) is 10.00 Å². The average molecular weight is 277 g/mol. The van der Waals surface area contributed by atoms with E-state index in [1.807, 2.05) is 6.20 Å². The molecule has 2 aromatic rings. The Hall–Kier alpha value is -1.40. The zero-order valence-electron chi connectivity index (χ0n) is 11.1. The van der Waals surface area contributed by atoms with Gasteiger partial charge in [-0.25, -0.2) is 4.98 Å². The Morgan fingerprint density at radius 2 is 2.47 bits per heavy atom. The Bertz CT molecular complexity index is 547. The van der Waals surface area contributed by atoms with Crippen LogP contribution in [0.5, 0.6) is 0 Å². The van der Waals surface area contributed by atoms with E-state index in [0.717, 1.165) is 25.3 Å². The Balaban J connectivity index is 1.64. The smallest absolute Gasteiger partial charge is 0.180 e.